The van der Waals surface area contributed by atoms with Crippen LogP contribution in [0.15, 0.2) is 0 Å². The molecule has 8 fully saturated rings. The molecule has 8 aliphatic rings. The van der Waals surface area contributed by atoms with Crippen LogP contribution in [-0.4, -0.2) is 84.9 Å². The minimum atomic E-state index is 0.0544. The van der Waals surface area contributed by atoms with E-state index in [9.17, 15) is 0 Å². The molecule has 0 bridgehead atoms. The lowest BCUT2D eigenvalue weighted by atomic mass is 9.82. The summed E-state index contributed by atoms with van der Waals surface area (Å²) in [6.45, 7) is 75.7. The van der Waals surface area contributed by atoms with E-state index in [1.165, 1.54) is 128 Å². The fraction of sp³-hybridized carbons (Fsp3) is 1.00. The zero-order chi connectivity index (χ0) is 69.5. The third-order valence-electron chi connectivity index (χ3n) is 16.8. The van der Waals surface area contributed by atoms with Crippen molar-refractivity contribution < 1.29 is 37.9 Å². The molecule has 4 heterocycles. The Hall–Kier alpha value is -0.320. The molecule has 0 amide bonds. The van der Waals surface area contributed by atoms with Gasteiger partial charge in [-0.3, -0.25) is 0 Å². The molecule has 4 saturated carbocycles. The van der Waals surface area contributed by atoms with Crippen LogP contribution in [0.1, 0.15) is 363 Å². The lowest BCUT2D eigenvalue weighted by Crippen LogP contribution is -2.32. The van der Waals surface area contributed by atoms with Crippen LogP contribution in [0.2, 0.25) is 0 Å². The Morgan fingerprint density at radius 1 is 0.205 bits per heavy atom. The summed E-state index contributed by atoms with van der Waals surface area (Å²) in [5.41, 5.74) is 0. The van der Waals surface area contributed by atoms with Crippen molar-refractivity contribution >= 4 is 0 Å². The zero-order valence-corrected chi connectivity index (χ0v) is 67.1. The summed E-state index contributed by atoms with van der Waals surface area (Å²) in [5, 5.41) is 0. The molecule has 0 N–H and O–H groups in total. The second kappa shape index (κ2) is 82.8. The monoisotopic (exact) mass is 1270 g/mol. The third kappa shape index (κ3) is 67.1. The molecule has 0 aromatic heterocycles. The standard InChI is InChI=1S/4C9H18.4C7H14O2.8C2H6/c4*1-8(2)9-6-4-3-5-7-9;1-6(2)7-3-8-5-9-4-7;1-6(2)7-5-8-3-4-9-7;1-6(2)7-3-4-8-5-9-7;1-6(2)7-8-4-3-5-9-7;8*1-2/h4*8-9H,3-7H2,1-2H3;4*6-7H,3-5H2,1-2H3;8*1-2H3. The predicted molar refractivity (Wildman–Crippen MR) is 397 cm³/mol. The molecule has 8 heteroatoms. The molecule has 2 unspecified atom stereocenters. The first-order valence-electron chi connectivity index (χ1n) is 39.2. The Labute approximate surface area is 560 Å². The van der Waals surface area contributed by atoms with Crippen LogP contribution >= 0.6 is 0 Å². The minimum absolute atomic E-state index is 0.0544. The SMILES string of the molecule is CC.CC.CC.CC.CC.CC.CC.CC.CC(C)C1CCCCC1.CC(C)C1CCCCC1.CC(C)C1CCCCC1.CC(C)C1CCCCC1.CC(C)C1CCOCO1.CC(C)C1COCCO1.CC(C)C1COCOC1.CC(C)C1OCCCO1. The normalized spacial score (nSPS) is 20.6. The van der Waals surface area contributed by atoms with Gasteiger partial charge in [0.25, 0.3) is 0 Å². The van der Waals surface area contributed by atoms with E-state index in [0.29, 0.717) is 55.4 Å². The second-order valence-corrected chi connectivity index (χ2v) is 25.6. The highest BCUT2D eigenvalue weighted by atomic mass is 16.7. The van der Waals surface area contributed by atoms with Crippen molar-refractivity contribution in [2.45, 2.75) is 381 Å². The first-order chi connectivity index (χ1) is 42.4. The van der Waals surface area contributed by atoms with Gasteiger partial charge in [-0.2, -0.15) is 0 Å². The highest BCUT2D eigenvalue weighted by molar-refractivity contribution is 4.71. The number of ether oxygens (including phenoxy) is 8. The molecule has 8 rings (SSSR count). The van der Waals surface area contributed by atoms with Crippen molar-refractivity contribution in [1.29, 1.82) is 0 Å². The molecule has 0 radical (unpaired) electrons. The van der Waals surface area contributed by atoms with Gasteiger partial charge in [0.15, 0.2) is 6.29 Å². The van der Waals surface area contributed by atoms with Gasteiger partial charge in [-0.05, 0) is 77.9 Å². The fourth-order valence-electron chi connectivity index (χ4n) is 10.9. The Morgan fingerprint density at radius 3 is 0.682 bits per heavy atom. The summed E-state index contributed by atoms with van der Waals surface area (Å²) in [5.74, 6) is 11.0. The summed E-state index contributed by atoms with van der Waals surface area (Å²) < 4.78 is 41.9. The van der Waals surface area contributed by atoms with Crippen molar-refractivity contribution in [3.05, 3.63) is 0 Å². The molecule has 0 spiro atoms. The van der Waals surface area contributed by atoms with Gasteiger partial charge in [-0.1, -0.05) is 350 Å². The van der Waals surface area contributed by atoms with Crippen LogP contribution in [0.25, 0.3) is 0 Å². The summed E-state index contributed by atoms with van der Waals surface area (Å²) >= 11 is 0. The van der Waals surface area contributed by atoms with Crippen LogP contribution in [0.5, 0.6) is 0 Å². The Morgan fingerprint density at radius 2 is 0.511 bits per heavy atom. The quantitative estimate of drug-likeness (QED) is 0.238. The summed E-state index contributed by atoms with van der Waals surface area (Å²) in [4.78, 5) is 0. The van der Waals surface area contributed by atoms with E-state index in [4.69, 9.17) is 37.9 Å². The number of hydrogen-bond donors (Lipinski definition) is 0. The molecule has 8 nitrogen and oxygen atoms in total. The topological polar surface area (TPSA) is 73.8 Å². The Bertz CT molecular complexity index is 848. The van der Waals surface area contributed by atoms with E-state index in [1.54, 1.807) is 0 Å². The molecule has 2 atom stereocenters. The van der Waals surface area contributed by atoms with Gasteiger partial charge < -0.3 is 37.9 Å². The zero-order valence-electron chi connectivity index (χ0n) is 67.1. The number of rotatable bonds is 8. The largest absolute Gasteiger partial charge is 0.376 e. The van der Waals surface area contributed by atoms with Crippen molar-refractivity contribution in [3.63, 3.8) is 0 Å². The summed E-state index contributed by atoms with van der Waals surface area (Å²) in [6.07, 6.45) is 32.8. The van der Waals surface area contributed by atoms with Crippen LogP contribution < -0.4 is 0 Å². The van der Waals surface area contributed by atoms with E-state index >= 15 is 0 Å². The van der Waals surface area contributed by atoms with E-state index < -0.39 is 0 Å². The average Bonchev–Trinajstić information content (AvgIpc) is 3.61. The van der Waals surface area contributed by atoms with Crippen molar-refractivity contribution in [2.75, 3.05) is 66.4 Å². The molecule has 88 heavy (non-hydrogen) atoms. The minimum Gasteiger partial charge on any atom is -0.376 e. The molecule has 544 valence electrons. The molecular formula is C80H176O8. The maximum atomic E-state index is 5.41. The Kier molecular flexibility index (Phi) is 97.6. The van der Waals surface area contributed by atoms with Gasteiger partial charge in [0, 0.05) is 11.8 Å². The van der Waals surface area contributed by atoms with Gasteiger partial charge in [0.2, 0.25) is 0 Å². The van der Waals surface area contributed by atoms with Crippen molar-refractivity contribution in [2.24, 2.45) is 76.9 Å². The predicted octanol–water partition coefficient (Wildman–Crippen LogP) is 26.2. The number of hydrogen-bond acceptors (Lipinski definition) is 8. The van der Waals surface area contributed by atoms with Crippen LogP contribution in [0, 0.1) is 76.9 Å². The smallest absolute Gasteiger partial charge is 0.159 e. The molecular weight excluding hydrogens is 1090 g/mol. The summed E-state index contributed by atoms with van der Waals surface area (Å²) in [7, 11) is 0. The van der Waals surface area contributed by atoms with Crippen molar-refractivity contribution in [3.8, 4) is 0 Å². The van der Waals surface area contributed by atoms with Crippen LogP contribution in [0.4, 0.5) is 0 Å². The Balaban J connectivity index is -0.000000134. The van der Waals surface area contributed by atoms with Gasteiger partial charge in [-0.15, -0.1) is 0 Å². The van der Waals surface area contributed by atoms with Crippen LogP contribution in [0.3, 0.4) is 0 Å². The maximum absolute atomic E-state index is 5.41. The first-order valence-corrected chi connectivity index (χ1v) is 39.2. The second-order valence-electron chi connectivity index (χ2n) is 25.6. The van der Waals surface area contributed by atoms with Crippen molar-refractivity contribution in [1.82, 2.24) is 0 Å². The summed E-state index contributed by atoms with van der Waals surface area (Å²) in [6, 6.07) is 0. The van der Waals surface area contributed by atoms with E-state index in [0.717, 1.165) is 113 Å². The lowest BCUT2D eigenvalue weighted by molar-refractivity contribution is -0.198. The maximum Gasteiger partial charge on any atom is 0.159 e. The van der Waals surface area contributed by atoms with Gasteiger partial charge in [0.1, 0.15) is 13.6 Å². The molecule has 4 saturated heterocycles. The lowest BCUT2D eigenvalue weighted by Gasteiger charge is -2.25. The molecule has 0 aromatic carbocycles. The van der Waals surface area contributed by atoms with Crippen LogP contribution in [-0.2, 0) is 37.9 Å². The van der Waals surface area contributed by atoms with Gasteiger partial charge in [-0.25, -0.2) is 0 Å². The molecule has 4 aliphatic heterocycles. The van der Waals surface area contributed by atoms with E-state index in [-0.39, 0.29) is 6.29 Å². The average molecular weight is 1270 g/mol. The molecule has 4 aliphatic carbocycles. The van der Waals surface area contributed by atoms with Gasteiger partial charge in [0.05, 0.1) is 65.1 Å². The van der Waals surface area contributed by atoms with E-state index in [2.05, 4.69) is 111 Å². The van der Waals surface area contributed by atoms with Gasteiger partial charge >= 0.3 is 0 Å². The highest BCUT2D eigenvalue weighted by Gasteiger charge is 2.22. The molecule has 0 aromatic rings. The third-order valence-corrected chi connectivity index (χ3v) is 16.8. The first kappa shape index (κ1) is 104. The highest BCUT2D eigenvalue weighted by Crippen LogP contribution is 2.32. The fourth-order valence-corrected chi connectivity index (χ4v) is 10.9. The van der Waals surface area contributed by atoms with E-state index in [1.807, 2.05) is 111 Å².